The SMILES string of the molecule is CCNC(=O)[C@@H]1CCCN(c2ccc(C(F)(F)F)c(C#N)c2)C1. The van der Waals surface area contributed by atoms with Crippen LogP contribution in [0.3, 0.4) is 0 Å². The minimum atomic E-state index is -4.55. The summed E-state index contributed by atoms with van der Waals surface area (Å²) in [5.41, 5.74) is -0.778. The van der Waals surface area contributed by atoms with Gasteiger partial charge in [-0.2, -0.15) is 18.4 Å². The second-order valence-electron chi connectivity index (χ2n) is 5.52. The van der Waals surface area contributed by atoms with E-state index in [-0.39, 0.29) is 11.8 Å². The van der Waals surface area contributed by atoms with Crippen LogP contribution >= 0.6 is 0 Å². The zero-order chi connectivity index (χ0) is 17.0. The first-order chi connectivity index (χ1) is 10.9. The monoisotopic (exact) mass is 325 g/mol. The maximum absolute atomic E-state index is 12.8. The summed E-state index contributed by atoms with van der Waals surface area (Å²) in [6, 6.07) is 5.16. The van der Waals surface area contributed by atoms with Gasteiger partial charge in [0.2, 0.25) is 5.91 Å². The maximum Gasteiger partial charge on any atom is 0.417 e. The van der Waals surface area contributed by atoms with E-state index in [1.165, 1.54) is 12.1 Å². The lowest BCUT2D eigenvalue weighted by Gasteiger charge is -2.34. The Morgan fingerprint density at radius 1 is 1.48 bits per heavy atom. The van der Waals surface area contributed by atoms with E-state index >= 15 is 0 Å². The predicted octanol–water partition coefficient (Wildman–Crippen LogP) is 2.93. The van der Waals surface area contributed by atoms with Crippen LogP contribution in [0.5, 0.6) is 0 Å². The van der Waals surface area contributed by atoms with Gasteiger partial charge in [0.15, 0.2) is 0 Å². The van der Waals surface area contributed by atoms with Gasteiger partial charge in [0.25, 0.3) is 0 Å². The third kappa shape index (κ3) is 3.95. The van der Waals surface area contributed by atoms with Crippen molar-refractivity contribution in [2.45, 2.75) is 25.9 Å². The molecule has 1 aliphatic rings. The van der Waals surface area contributed by atoms with Crippen molar-refractivity contribution in [1.82, 2.24) is 5.32 Å². The molecule has 124 valence electrons. The smallest absolute Gasteiger partial charge is 0.371 e. The number of anilines is 1. The number of benzene rings is 1. The van der Waals surface area contributed by atoms with Crippen LogP contribution < -0.4 is 10.2 Å². The third-order valence-electron chi connectivity index (χ3n) is 3.94. The van der Waals surface area contributed by atoms with Gasteiger partial charge < -0.3 is 10.2 Å². The minimum Gasteiger partial charge on any atom is -0.371 e. The van der Waals surface area contributed by atoms with E-state index < -0.39 is 17.3 Å². The largest absolute Gasteiger partial charge is 0.417 e. The van der Waals surface area contributed by atoms with E-state index in [1.807, 2.05) is 11.8 Å². The molecule has 1 heterocycles. The predicted molar refractivity (Wildman–Crippen MR) is 79.8 cm³/mol. The lowest BCUT2D eigenvalue weighted by molar-refractivity contribution is -0.137. The maximum atomic E-state index is 12.8. The number of nitrogens with one attached hydrogen (secondary N) is 1. The Bertz CT molecular complexity index is 622. The van der Waals surface area contributed by atoms with E-state index in [1.54, 1.807) is 6.07 Å². The van der Waals surface area contributed by atoms with E-state index in [9.17, 15) is 18.0 Å². The number of alkyl halides is 3. The molecule has 1 N–H and O–H groups in total. The summed E-state index contributed by atoms with van der Waals surface area (Å²) in [7, 11) is 0. The fourth-order valence-corrected chi connectivity index (χ4v) is 2.81. The molecule has 4 nitrogen and oxygen atoms in total. The minimum absolute atomic E-state index is 0.0374. The molecule has 0 saturated carbocycles. The molecule has 0 radical (unpaired) electrons. The van der Waals surface area contributed by atoms with Crippen LogP contribution in [0.25, 0.3) is 0 Å². The van der Waals surface area contributed by atoms with Gasteiger partial charge in [0.1, 0.15) is 0 Å². The number of nitrogens with zero attached hydrogens (tertiary/aromatic N) is 2. The average Bonchev–Trinajstić information content (AvgIpc) is 2.53. The van der Waals surface area contributed by atoms with Crippen molar-refractivity contribution >= 4 is 11.6 Å². The summed E-state index contributed by atoms with van der Waals surface area (Å²) in [4.78, 5) is 13.8. The number of hydrogen-bond acceptors (Lipinski definition) is 3. The Labute approximate surface area is 132 Å². The number of carbonyl (C=O) groups is 1. The van der Waals surface area contributed by atoms with Gasteiger partial charge in [0, 0.05) is 25.3 Å². The van der Waals surface area contributed by atoms with E-state index in [0.29, 0.717) is 25.3 Å². The number of hydrogen-bond donors (Lipinski definition) is 1. The molecule has 0 unspecified atom stereocenters. The third-order valence-corrected chi connectivity index (χ3v) is 3.94. The highest BCUT2D eigenvalue weighted by Crippen LogP contribution is 2.34. The topological polar surface area (TPSA) is 56.1 Å². The van der Waals surface area contributed by atoms with Gasteiger partial charge in [0.05, 0.1) is 23.1 Å². The Hall–Kier alpha value is -2.23. The molecule has 0 spiro atoms. The van der Waals surface area contributed by atoms with Gasteiger partial charge in [-0.3, -0.25) is 4.79 Å². The van der Waals surface area contributed by atoms with Crippen molar-refractivity contribution in [3.63, 3.8) is 0 Å². The summed E-state index contributed by atoms with van der Waals surface area (Å²) in [6.45, 7) is 3.50. The highest BCUT2D eigenvalue weighted by atomic mass is 19.4. The molecule has 0 aliphatic carbocycles. The Kier molecular flexibility index (Phi) is 5.14. The quantitative estimate of drug-likeness (QED) is 0.929. The van der Waals surface area contributed by atoms with Crippen LogP contribution in [0.4, 0.5) is 18.9 Å². The zero-order valence-electron chi connectivity index (χ0n) is 12.8. The van der Waals surface area contributed by atoms with Crippen molar-refractivity contribution in [2.75, 3.05) is 24.5 Å². The van der Waals surface area contributed by atoms with Crippen molar-refractivity contribution in [2.24, 2.45) is 5.92 Å². The summed E-state index contributed by atoms with van der Waals surface area (Å²) >= 11 is 0. The molecule has 0 bridgehead atoms. The fraction of sp³-hybridized carbons (Fsp3) is 0.500. The van der Waals surface area contributed by atoms with E-state index in [2.05, 4.69) is 5.32 Å². The first kappa shape index (κ1) is 17.1. The van der Waals surface area contributed by atoms with Crippen molar-refractivity contribution in [3.8, 4) is 6.07 Å². The second-order valence-corrected chi connectivity index (χ2v) is 5.52. The summed E-state index contributed by atoms with van der Waals surface area (Å²) < 4.78 is 38.5. The highest BCUT2D eigenvalue weighted by Gasteiger charge is 2.34. The highest BCUT2D eigenvalue weighted by molar-refractivity contribution is 5.79. The van der Waals surface area contributed by atoms with Gasteiger partial charge in [-0.1, -0.05) is 0 Å². The Morgan fingerprint density at radius 3 is 2.83 bits per heavy atom. The molecule has 2 rings (SSSR count). The number of rotatable bonds is 3. The number of carbonyl (C=O) groups excluding carboxylic acids is 1. The first-order valence-electron chi connectivity index (χ1n) is 7.50. The standard InChI is InChI=1S/C16H18F3N3O/c1-2-21-15(23)11-4-3-7-22(10-11)13-5-6-14(16(17,18)19)12(8-13)9-20/h5-6,8,11H,2-4,7,10H2,1H3,(H,21,23)/t11-/m1/s1. The Morgan fingerprint density at radius 2 is 2.22 bits per heavy atom. The molecule has 1 aliphatic heterocycles. The number of piperidine rings is 1. The molecule has 1 aromatic rings. The lowest BCUT2D eigenvalue weighted by Crippen LogP contribution is -2.43. The molecule has 1 amide bonds. The van der Waals surface area contributed by atoms with Crippen molar-refractivity contribution in [1.29, 1.82) is 5.26 Å². The molecule has 1 fully saturated rings. The average molecular weight is 325 g/mol. The molecular formula is C16H18F3N3O. The van der Waals surface area contributed by atoms with E-state index in [0.717, 1.165) is 18.9 Å². The fourth-order valence-electron chi connectivity index (χ4n) is 2.81. The molecular weight excluding hydrogens is 307 g/mol. The van der Waals surface area contributed by atoms with Crippen LogP contribution in [-0.2, 0) is 11.0 Å². The second kappa shape index (κ2) is 6.90. The lowest BCUT2D eigenvalue weighted by atomic mass is 9.96. The summed E-state index contributed by atoms with van der Waals surface area (Å²) in [5, 5.41) is 11.8. The van der Waals surface area contributed by atoms with Crippen LogP contribution in [0, 0.1) is 17.2 Å². The van der Waals surface area contributed by atoms with Crippen molar-refractivity contribution < 1.29 is 18.0 Å². The van der Waals surface area contributed by atoms with Gasteiger partial charge in [-0.15, -0.1) is 0 Å². The number of nitriles is 1. The van der Waals surface area contributed by atoms with Crippen LogP contribution in [0.1, 0.15) is 30.9 Å². The van der Waals surface area contributed by atoms with Gasteiger partial charge in [-0.25, -0.2) is 0 Å². The summed E-state index contributed by atoms with van der Waals surface area (Å²) in [5.74, 6) is -0.221. The molecule has 1 saturated heterocycles. The van der Waals surface area contributed by atoms with Gasteiger partial charge >= 0.3 is 6.18 Å². The Balaban J connectivity index is 2.22. The first-order valence-corrected chi connectivity index (χ1v) is 7.50. The normalized spacial score (nSPS) is 18.4. The molecule has 1 atom stereocenters. The zero-order valence-corrected chi connectivity index (χ0v) is 12.8. The molecule has 1 aromatic carbocycles. The molecule has 0 aromatic heterocycles. The van der Waals surface area contributed by atoms with Crippen LogP contribution in [0.2, 0.25) is 0 Å². The summed E-state index contributed by atoms with van der Waals surface area (Å²) in [6.07, 6.45) is -3.01. The van der Waals surface area contributed by atoms with Crippen molar-refractivity contribution in [3.05, 3.63) is 29.3 Å². The molecule has 7 heteroatoms. The van der Waals surface area contributed by atoms with Crippen LogP contribution in [0.15, 0.2) is 18.2 Å². The number of halogens is 3. The van der Waals surface area contributed by atoms with Gasteiger partial charge in [-0.05, 0) is 38.0 Å². The van der Waals surface area contributed by atoms with E-state index in [4.69, 9.17) is 5.26 Å². The van der Waals surface area contributed by atoms with Crippen LogP contribution in [-0.4, -0.2) is 25.5 Å². The molecule has 23 heavy (non-hydrogen) atoms. The number of amides is 1.